The summed E-state index contributed by atoms with van der Waals surface area (Å²) in [5.74, 6) is -0.756. The zero-order valence-electron chi connectivity index (χ0n) is 80.8. The summed E-state index contributed by atoms with van der Waals surface area (Å²) in [6.07, 6.45) is 29.5. The molecular formula is C133H122F2N2Pt. The van der Waals surface area contributed by atoms with Crippen LogP contribution in [0.3, 0.4) is 0 Å². The van der Waals surface area contributed by atoms with E-state index < -0.39 is 5.41 Å². The van der Waals surface area contributed by atoms with Gasteiger partial charge in [0.2, 0.25) is 0 Å². The van der Waals surface area contributed by atoms with Crippen molar-refractivity contribution in [2.45, 2.75) is 244 Å². The second-order valence-corrected chi connectivity index (χ2v) is 44.2. The number of pyridine rings is 2. The van der Waals surface area contributed by atoms with Crippen LogP contribution in [0.2, 0.25) is 0 Å². The van der Waals surface area contributed by atoms with E-state index in [2.05, 4.69) is 333 Å². The normalized spacial score (nSPS) is 24.0. The molecule has 0 radical (unpaired) electrons. The fraction of sp³-hybridized carbons (Fsp3) is 0.293. The second-order valence-electron chi connectivity index (χ2n) is 44.2. The fourth-order valence-corrected chi connectivity index (χ4v) is 28.1. The van der Waals surface area contributed by atoms with Crippen molar-refractivity contribution in [2.24, 2.45) is 0 Å². The van der Waals surface area contributed by atoms with Gasteiger partial charge in [-0.1, -0.05) is 337 Å². The first-order chi connectivity index (χ1) is 66.7. The van der Waals surface area contributed by atoms with E-state index in [0.717, 1.165) is 60.8 Å². The van der Waals surface area contributed by atoms with E-state index in [1.165, 1.54) is 238 Å². The molecule has 5 heteroatoms. The van der Waals surface area contributed by atoms with Crippen LogP contribution in [0.15, 0.2) is 340 Å². The van der Waals surface area contributed by atoms with Gasteiger partial charge in [-0.25, -0.2) is 0 Å². The molecule has 14 aromatic carbocycles. The summed E-state index contributed by atoms with van der Waals surface area (Å²) in [6, 6.07) is 132. The van der Waals surface area contributed by atoms with Crippen LogP contribution in [-0.2, 0) is 69.8 Å². The molecule has 0 atom stereocenters. The topological polar surface area (TPSA) is 25.8 Å². The van der Waals surface area contributed by atoms with Gasteiger partial charge in [0.05, 0.1) is 0 Å². The molecular weight excluding hydrogens is 1860 g/mol. The van der Waals surface area contributed by atoms with Gasteiger partial charge in [-0.15, -0.1) is 36.4 Å². The maximum Gasteiger partial charge on any atom is 2.00 e. The predicted molar refractivity (Wildman–Crippen MR) is 561 cm³/mol. The van der Waals surface area contributed by atoms with Crippen molar-refractivity contribution in [3.63, 3.8) is 0 Å². The van der Waals surface area contributed by atoms with Crippen molar-refractivity contribution in [3.05, 3.63) is 442 Å². The van der Waals surface area contributed by atoms with Crippen LogP contribution in [0, 0.1) is 51.5 Å². The summed E-state index contributed by atoms with van der Waals surface area (Å²) >= 11 is 0. The van der Waals surface area contributed by atoms with Gasteiger partial charge in [-0.3, -0.25) is 8.78 Å². The summed E-state index contributed by atoms with van der Waals surface area (Å²) in [5.41, 5.74) is 40.4. The van der Waals surface area contributed by atoms with E-state index in [-0.39, 0.29) is 54.4 Å². The second kappa shape index (κ2) is 35.1. The molecule has 8 bridgehead atoms. The third-order valence-corrected chi connectivity index (χ3v) is 37.3. The fourth-order valence-electron chi connectivity index (χ4n) is 28.1. The van der Waals surface area contributed by atoms with Crippen LogP contribution < -0.4 is 0 Å². The summed E-state index contributed by atoms with van der Waals surface area (Å²) in [4.78, 5) is 10.2. The van der Waals surface area contributed by atoms with Gasteiger partial charge in [-0.2, -0.15) is 0 Å². The van der Waals surface area contributed by atoms with Gasteiger partial charge in [0.1, 0.15) is 0 Å². The van der Waals surface area contributed by atoms with E-state index in [9.17, 15) is 0 Å². The molecule has 2 aromatic heterocycles. The molecule has 0 saturated heterocycles. The Balaban J connectivity index is 0.0000107. The predicted octanol–water partition coefficient (Wildman–Crippen LogP) is 34.8. The van der Waals surface area contributed by atoms with Crippen LogP contribution in [0.25, 0.3) is 112 Å². The smallest absolute Gasteiger partial charge is 0.300 e. The van der Waals surface area contributed by atoms with Crippen molar-refractivity contribution < 1.29 is 29.8 Å². The van der Waals surface area contributed by atoms with E-state index in [4.69, 9.17) is 9.97 Å². The number of halogens is 2. The minimum atomic E-state index is -0.723. The molecule has 16 aromatic rings. The number of hydrogen-bond acceptors (Lipinski definition) is 2. The largest absolute Gasteiger partial charge is 2.00 e. The van der Waals surface area contributed by atoms with Crippen LogP contribution in [0.1, 0.15) is 246 Å². The molecule has 12 saturated carbocycles. The van der Waals surface area contributed by atoms with Crippen molar-refractivity contribution in [2.75, 3.05) is 0 Å². The first-order valence-corrected chi connectivity index (χ1v) is 51.3. The molecule has 688 valence electrons. The Morgan fingerprint density at radius 1 is 0.217 bits per heavy atom. The molecule has 12 fully saturated rings. The van der Waals surface area contributed by atoms with Gasteiger partial charge in [0.25, 0.3) is 0 Å². The molecule has 12 aliphatic rings. The Hall–Kier alpha value is -12.1. The zero-order valence-corrected chi connectivity index (χ0v) is 83.0. The van der Waals surface area contributed by atoms with Crippen molar-refractivity contribution in [3.8, 4) is 112 Å². The van der Waals surface area contributed by atoms with Crippen molar-refractivity contribution >= 4 is 0 Å². The van der Waals surface area contributed by atoms with Crippen molar-refractivity contribution in [1.82, 2.24) is 9.97 Å². The van der Waals surface area contributed by atoms with Crippen LogP contribution in [-0.4, -0.2) is 9.97 Å². The molecule has 2 heterocycles. The summed E-state index contributed by atoms with van der Waals surface area (Å²) in [6.45, 7) is 13.2. The molecule has 0 N–H and O–H groups in total. The van der Waals surface area contributed by atoms with E-state index in [1.807, 2.05) is 48.5 Å². The summed E-state index contributed by atoms with van der Waals surface area (Å²) in [7, 11) is 0. The maximum absolute atomic E-state index is 16.6. The maximum atomic E-state index is 16.6. The average Bonchev–Trinajstić information content (AvgIpc) is 0.793. The minimum absolute atomic E-state index is 0. The van der Waals surface area contributed by atoms with Gasteiger partial charge in [0, 0.05) is 28.4 Å². The zero-order chi connectivity index (χ0) is 92.7. The Labute approximate surface area is 831 Å². The van der Waals surface area contributed by atoms with Gasteiger partial charge in [0.15, 0.2) is 0 Å². The third-order valence-electron chi connectivity index (χ3n) is 37.3. The van der Waals surface area contributed by atoms with E-state index in [1.54, 1.807) is 23.3 Å². The molecule has 0 amide bonds. The van der Waals surface area contributed by atoms with Crippen molar-refractivity contribution in [1.29, 1.82) is 0 Å². The summed E-state index contributed by atoms with van der Waals surface area (Å²) in [5, 5.41) is 0. The van der Waals surface area contributed by atoms with E-state index >= 15 is 8.78 Å². The Morgan fingerprint density at radius 2 is 0.420 bits per heavy atom. The standard InChI is InChI=1S/C133H122F2N2.Pt/c1-89-83-99(35-53-113(89)95-27-45-109(46-28-95)130-65-59-126(60-66-130,61-67-130)105-15-9-7-10-16-105)101-37-55-115(91(3)85-101)97-31-49-111(50-32-97)132-77-71-128(72-78-132,73-79-132)107-41-23-93(24-42-107)103-39-57-117(119(134)87-103)121-19-13-21-123(136-121)125(5,6)124-22-14-20-122(137-124)118-58-40-104(88-120(118)135)94-25-43-108(44-26-94)129-74-80-133(81-75-129,82-76-129)112-51-33-98(34-52-112)116-56-38-102(86-92(116)4)100-36-54-114(90(2)84-100)96-29-47-110(48-30-96)131-68-62-127(63-69-131,64-70-131)106-17-11-8-12-18-106;/h7-56,83-88H,59-82H2,1-6H3;/q-2;+2. The molecule has 12 aliphatic carbocycles. The quantitative estimate of drug-likeness (QED) is 0.0711. The Morgan fingerprint density at radius 3 is 0.630 bits per heavy atom. The molecule has 28 rings (SSSR count). The average molecular weight is 1980 g/mol. The van der Waals surface area contributed by atoms with Gasteiger partial charge >= 0.3 is 21.1 Å². The molecule has 0 spiro atoms. The van der Waals surface area contributed by atoms with E-state index in [0.29, 0.717) is 55.6 Å². The van der Waals surface area contributed by atoms with Gasteiger partial charge < -0.3 is 9.97 Å². The van der Waals surface area contributed by atoms with Crippen LogP contribution in [0.5, 0.6) is 0 Å². The minimum Gasteiger partial charge on any atom is -0.300 e. The Bertz CT molecular complexity index is 6770. The number of aryl methyl sites for hydroxylation is 4. The third kappa shape index (κ3) is 15.6. The number of nitrogens with zero attached hydrogens (tertiary/aromatic N) is 2. The van der Waals surface area contributed by atoms with Crippen LogP contribution >= 0.6 is 0 Å². The van der Waals surface area contributed by atoms with Crippen LogP contribution in [0.4, 0.5) is 8.78 Å². The number of fused-ring (bicyclic) bond motifs is 12. The monoisotopic (exact) mass is 1980 g/mol. The number of aromatic nitrogens is 2. The first-order valence-electron chi connectivity index (χ1n) is 51.3. The van der Waals surface area contributed by atoms with Gasteiger partial charge in [-0.05, 0) is 396 Å². The molecule has 0 unspecified atom stereocenters. The first kappa shape index (κ1) is 89.8. The number of benzene rings is 14. The molecule has 138 heavy (non-hydrogen) atoms. The summed E-state index contributed by atoms with van der Waals surface area (Å²) < 4.78 is 33.3. The number of hydrogen-bond donors (Lipinski definition) is 0. The SMILES string of the molecule is Cc1cc(-c2ccc(-c3ccc(C45CCC(c6ccc(-c7c[c-]c(-c8cccc(C(C)(C)c9cccc(-c%10[c-]cc(-c%11ccc(C%12%13CCC(c%14ccc(-c%15ccc(-c%16ccc(-c%17ccc(C%18%19CCC(c%20ccccc%20)(CC%18)CC%19)cc%17)c(C)c%16)cc%15C)cc%14)(CC%12)CC%13)cc%11)cc%10F)n9)n8)c(F)c7)cc6)(CC4)CC5)cc3)c(C)c2)ccc1-c1ccc(C23CCC(c4ccccc4)(CC2)CC3)cc1.[Pt+2]. The Kier molecular flexibility index (Phi) is 22.8. The number of rotatable bonds is 20. The molecule has 0 aliphatic heterocycles. The molecule has 2 nitrogen and oxygen atoms in total.